The number of aliphatic hydroxyl groups excluding tert-OH is 2. The van der Waals surface area contributed by atoms with Crippen molar-refractivity contribution >= 4 is 0 Å². The molecule has 9 atom stereocenters. The summed E-state index contributed by atoms with van der Waals surface area (Å²) in [4.78, 5) is 0. The molecule has 0 saturated heterocycles. The molecule has 148 valence electrons. The third kappa shape index (κ3) is 3.20. The van der Waals surface area contributed by atoms with Gasteiger partial charge >= 0.3 is 0 Å². The van der Waals surface area contributed by atoms with Crippen LogP contribution in [0.4, 0.5) is 0 Å². The van der Waals surface area contributed by atoms with Crippen LogP contribution in [0.2, 0.25) is 0 Å². The molecule has 0 aromatic rings. The molecule has 0 spiro atoms. The van der Waals surface area contributed by atoms with Crippen LogP contribution in [0.25, 0.3) is 0 Å². The van der Waals surface area contributed by atoms with Gasteiger partial charge in [-0.15, -0.1) is 0 Å². The predicted molar refractivity (Wildman–Crippen MR) is 107 cm³/mol. The Hall–Kier alpha value is -0.340. The highest BCUT2D eigenvalue weighted by atomic mass is 16.3. The van der Waals surface area contributed by atoms with E-state index < -0.39 is 0 Å². The van der Waals surface area contributed by atoms with Crippen LogP contribution in [0.1, 0.15) is 85.0 Å². The number of hydrogen-bond donors (Lipinski definition) is 2. The van der Waals surface area contributed by atoms with E-state index in [0.717, 1.165) is 54.8 Å². The van der Waals surface area contributed by atoms with Crippen LogP contribution in [0, 0.1) is 40.9 Å². The van der Waals surface area contributed by atoms with Gasteiger partial charge in [-0.25, -0.2) is 0 Å². The molecule has 0 radical (unpaired) electrons. The molecule has 2 heteroatoms. The maximum atomic E-state index is 10.1. The Morgan fingerprint density at radius 2 is 1.88 bits per heavy atom. The Labute approximate surface area is 160 Å². The Morgan fingerprint density at radius 3 is 2.65 bits per heavy atom. The number of rotatable bonds is 4. The average molecular weight is 361 g/mol. The zero-order valence-electron chi connectivity index (χ0n) is 17.2. The number of allylic oxidation sites excluding steroid dienone is 1. The molecule has 26 heavy (non-hydrogen) atoms. The van der Waals surface area contributed by atoms with Gasteiger partial charge in [0.05, 0.1) is 12.2 Å². The molecule has 2 nitrogen and oxygen atoms in total. The van der Waals surface area contributed by atoms with Crippen LogP contribution >= 0.6 is 0 Å². The van der Waals surface area contributed by atoms with Crippen molar-refractivity contribution < 1.29 is 10.2 Å². The largest absolute Gasteiger partial charge is 0.393 e. The first-order valence-electron chi connectivity index (χ1n) is 11.4. The lowest BCUT2D eigenvalue weighted by atomic mass is 9.51. The highest BCUT2D eigenvalue weighted by Crippen LogP contribution is 2.64. The van der Waals surface area contributed by atoms with Crippen LogP contribution in [0.5, 0.6) is 0 Å². The highest BCUT2D eigenvalue weighted by molar-refractivity contribution is 5.20. The molecular formula is C24H40O2. The summed E-state index contributed by atoms with van der Waals surface area (Å²) in [6, 6.07) is 0. The molecule has 2 N–H and O–H groups in total. The van der Waals surface area contributed by atoms with Crippen molar-refractivity contribution in [1.82, 2.24) is 0 Å². The molecule has 4 rings (SSSR count). The predicted octanol–water partition coefficient (Wildman–Crippen LogP) is 5.33. The Bertz CT molecular complexity index is 538. The van der Waals surface area contributed by atoms with E-state index in [-0.39, 0.29) is 12.2 Å². The van der Waals surface area contributed by atoms with E-state index in [1.807, 2.05) is 6.92 Å². The monoisotopic (exact) mass is 360 g/mol. The smallest absolute Gasteiger partial charge is 0.0577 e. The van der Waals surface area contributed by atoms with Crippen LogP contribution < -0.4 is 0 Å². The van der Waals surface area contributed by atoms with Crippen molar-refractivity contribution in [3.8, 4) is 0 Å². The lowest BCUT2D eigenvalue weighted by Crippen LogP contribution is -2.47. The van der Waals surface area contributed by atoms with Gasteiger partial charge < -0.3 is 10.2 Å². The van der Waals surface area contributed by atoms with Crippen LogP contribution in [0.3, 0.4) is 0 Å². The van der Waals surface area contributed by atoms with Gasteiger partial charge in [-0.05, 0) is 112 Å². The topological polar surface area (TPSA) is 40.5 Å². The van der Waals surface area contributed by atoms with Crippen molar-refractivity contribution in [1.29, 1.82) is 0 Å². The Morgan fingerprint density at radius 1 is 1.08 bits per heavy atom. The van der Waals surface area contributed by atoms with Crippen LogP contribution in [-0.2, 0) is 0 Å². The second kappa shape index (κ2) is 7.24. The quantitative estimate of drug-likeness (QED) is 0.665. The fraction of sp³-hybridized carbons (Fsp3) is 0.917. The zero-order chi connectivity index (χ0) is 18.5. The number of aliphatic hydroxyl groups is 2. The molecule has 0 aliphatic heterocycles. The lowest BCUT2D eigenvalue weighted by Gasteiger charge is -2.54. The molecule has 3 fully saturated rings. The molecule has 4 aliphatic carbocycles. The van der Waals surface area contributed by atoms with Gasteiger partial charge in [-0.3, -0.25) is 0 Å². The molecule has 3 saturated carbocycles. The Balaban J connectivity index is 1.49. The third-order valence-corrected chi connectivity index (χ3v) is 9.22. The normalized spacial score (nSPS) is 47.3. The lowest BCUT2D eigenvalue weighted by molar-refractivity contribution is -0.0301. The van der Waals surface area contributed by atoms with E-state index in [4.69, 9.17) is 0 Å². The first-order chi connectivity index (χ1) is 12.4. The van der Waals surface area contributed by atoms with E-state index in [1.54, 1.807) is 5.57 Å². The fourth-order valence-corrected chi connectivity index (χ4v) is 7.93. The van der Waals surface area contributed by atoms with E-state index in [0.29, 0.717) is 5.41 Å². The fourth-order valence-electron chi connectivity index (χ4n) is 7.93. The summed E-state index contributed by atoms with van der Waals surface area (Å²) in [5.41, 5.74) is 2.13. The van der Waals surface area contributed by atoms with Crippen LogP contribution in [-0.4, -0.2) is 22.4 Å². The van der Waals surface area contributed by atoms with Crippen molar-refractivity contribution in [2.75, 3.05) is 0 Å². The van der Waals surface area contributed by atoms with Gasteiger partial charge in [0, 0.05) is 0 Å². The SMILES string of the molecule is CC(O)CCC(C)[C@H]1CCC2C3CC=C4C[C@@H](O)CC[C@@H]4C3CC[C@@]21C. The summed E-state index contributed by atoms with van der Waals surface area (Å²) >= 11 is 0. The molecule has 0 amide bonds. The van der Waals surface area contributed by atoms with Crippen molar-refractivity contribution in [2.24, 2.45) is 40.9 Å². The summed E-state index contributed by atoms with van der Waals surface area (Å²) in [5, 5.41) is 19.8. The van der Waals surface area contributed by atoms with Gasteiger partial charge in [-0.2, -0.15) is 0 Å². The zero-order valence-corrected chi connectivity index (χ0v) is 17.2. The average Bonchev–Trinajstić information content (AvgIpc) is 2.96. The maximum Gasteiger partial charge on any atom is 0.0577 e. The maximum absolute atomic E-state index is 10.1. The molecule has 0 heterocycles. The van der Waals surface area contributed by atoms with Gasteiger partial charge in [0.25, 0.3) is 0 Å². The number of hydrogen-bond acceptors (Lipinski definition) is 2. The summed E-state index contributed by atoms with van der Waals surface area (Å²) < 4.78 is 0. The van der Waals surface area contributed by atoms with Gasteiger partial charge in [0.1, 0.15) is 0 Å². The first kappa shape index (κ1) is 19.0. The van der Waals surface area contributed by atoms with Crippen LogP contribution in [0.15, 0.2) is 11.6 Å². The molecule has 5 unspecified atom stereocenters. The van der Waals surface area contributed by atoms with Gasteiger partial charge in [-0.1, -0.05) is 25.5 Å². The summed E-state index contributed by atoms with van der Waals surface area (Å²) in [5.74, 6) is 5.08. The molecule has 4 aliphatic rings. The van der Waals surface area contributed by atoms with Crippen molar-refractivity contribution in [3.63, 3.8) is 0 Å². The minimum absolute atomic E-state index is 0.0754. The molecular weight excluding hydrogens is 320 g/mol. The van der Waals surface area contributed by atoms with E-state index in [1.165, 1.54) is 44.9 Å². The summed E-state index contributed by atoms with van der Waals surface area (Å²) in [7, 11) is 0. The summed E-state index contributed by atoms with van der Waals surface area (Å²) in [6.45, 7) is 7.01. The first-order valence-corrected chi connectivity index (χ1v) is 11.4. The minimum Gasteiger partial charge on any atom is -0.393 e. The van der Waals surface area contributed by atoms with E-state index >= 15 is 0 Å². The third-order valence-electron chi connectivity index (χ3n) is 9.22. The van der Waals surface area contributed by atoms with E-state index in [2.05, 4.69) is 19.9 Å². The standard InChI is InChI=1S/C24H40O2/c1-15(4-5-16(2)25)22-10-11-23-21-8-6-17-14-18(26)7-9-19(17)20(21)12-13-24(22,23)3/h6,15-16,18-23,25-26H,4-5,7-14H2,1-3H3/t15?,16?,18-,19-,20?,21?,22+,23?,24+/m0/s1. The van der Waals surface area contributed by atoms with E-state index in [9.17, 15) is 10.2 Å². The van der Waals surface area contributed by atoms with Gasteiger partial charge in [0.2, 0.25) is 0 Å². The molecule has 0 bridgehead atoms. The Kier molecular flexibility index (Phi) is 5.29. The van der Waals surface area contributed by atoms with Gasteiger partial charge in [0.15, 0.2) is 0 Å². The molecule has 0 aromatic carbocycles. The van der Waals surface area contributed by atoms with Crippen molar-refractivity contribution in [3.05, 3.63) is 11.6 Å². The highest BCUT2D eigenvalue weighted by Gasteiger charge is 2.56. The number of fused-ring (bicyclic) bond motifs is 5. The second-order valence-electron chi connectivity index (χ2n) is 10.6. The summed E-state index contributed by atoms with van der Waals surface area (Å²) in [6.07, 6.45) is 14.6. The second-order valence-corrected chi connectivity index (χ2v) is 10.6. The van der Waals surface area contributed by atoms with Crippen molar-refractivity contribution in [2.45, 2.75) is 97.2 Å². The molecule has 0 aromatic heterocycles. The minimum atomic E-state index is -0.151.